The molecule has 5 nitrogen and oxygen atoms in total. The second-order valence-electron chi connectivity index (χ2n) is 8.39. The fraction of sp³-hybridized carbons (Fsp3) is 0.550. The molecule has 0 spiro atoms. The molecule has 2 aliphatic heterocycles. The molecule has 0 bridgehead atoms. The Bertz CT molecular complexity index is 754. The number of piperidine rings is 1. The summed E-state index contributed by atoms with van der Waals surface area (Å²) in [5.74, 6) is 1.04. The monoisotopic (exact) mass is 387 g/mol. The van der Waals surface area contributed by atoms with Crippen LogP contribution in [0.1, 0.15) is 58.8 Å². The van der Waals surface area contributed by atoms with E-state index in [9.17, 15) is 0 Å². The summed E-state index contributed by atoms with van der Waals surface area (Å²) >= 11 is 0. The normalized spacial score (nSPS) is 23.9. The average molecular weight is 387 g/mol. The third-order valence-electron chi connectivity index (χ3n) is 5.98. The fourth-order valence-corrected chi connectivity index (χ4v) is 3.54. The van der Waals surface area contributed by atoms with E-state index in [2.05, 4.69) is 67.2 Å². The minimum absolute atomic E-state index is 0. The molecule has 3 heterocycles. The second-order valence-corrected chi connectivity index (χ2v) is 8.39. The van der Waals surface area contributed by atoms with Gasteiger partial charge in [-0.3, -0.25) is 0 Å². The third-order valence-corrected chi connectivity index (χ3v) is 5.98. The van der Waals surface area contributed by atoms with E-state index in [1.807, 2.05) is 6.20 Å². The summed E-state index contributed by atoms with van der Waals surface area (Å²) < 4.78 is 12.3. The number of H-pyrrole nitrogens is 1. The first-order chi connectivity index (χ1) is 12.4. The highest BCUT2D eigenvalue weighted by atomic mass is 32.1. The van der Waals surface area contributed by atoms with E-state index >= 15 is 0 Å². The number of benzene rings is 1. The standard InChI is InChI=1S/C20H28BN3O2.H2S/c1-19(2)20(3,4)26-21(25-19)15-10-8-14(9-11-15)17-13-23-18(24-17)16-7-5-6-12-22-16;/h8-11,13,16,22H,5-7,12H2,1-4H3,(H,23,24);1H2. The van der Waals surface area contributed by atoms with Gasteiger partial charge in [-0.2, -0.15) is 13.5 Å². The van der Waals surface area contributed by atoms with Crippen LogP contribution in [-0.4, -0.2) is 34.8 Å². The van der Waals surface area contributed by atoms with Gasteiger partial charge in [-0.05, 0) is 58.1 Å². The Kier molecular flexibility index (Phi) is 5.78. The van der Waals surface area contributed by atoms with Crippen LogP contribution in [0.15, 0.2) is 30.5 Å². The molecule has 1 unspecified atom stereocenters. The van der Waals surface area contributed by atoms with Gasteiger partial charge < -0.3 is 19.6 Å². The van der Waals surface area contributed by atoms with E-state index in [0.29, 0.717) is 6.04 Å². The predicted octanol–water partition coefficient (Wildman–Crippen LogP) is 3.30. The molecule has 7 heteroatoms. The topological polar surface area (TPSA) is 59.2 Å². The number of nitrogens with one attached hydrogen (secondary N) is 2. The molecule has 1 atom stereocenters. The second kappa shape index (κ2) is 7.62. The maximum atomic E-state index is 6.13. The molecular weight excluding hydrogens is 357 g/mol. The van der Waals surface area contributed by atoms with Gasteiger partial charge in [-0.25, -0.2) is 4.98 Å². The van der Waals surface area contributed by atoms with Crippen molar-refractivity contribution in [2.45, 2.75) is 64.2 Å². The van der Waals surface area contributed by atoms with Crippen LogP contribution < -0.4 is 10.8 Å². The maximum Gasteiger partial charge on any atom is 0.494 e. The van der Waals surface area contributed by atoms with Gasteiger partial charge in [0.05, 0.1) is 29.1 Å². The predicted molar refractivity (Wildman–Crippen MR) is 115 cm³/mol. The number of nitrogens with zero attached hydrogens (tertiary/aromatic N) is 1. The van der Waals surface area contributed by atoms with Crippen molar-refractivity contribution in [3.05, 3.63) is 36.3 Å². The van der Waals surface area contributed by atoms with Crippen molar-refractivity contribution < 1.29 is 9.31 Å². The van der Waals surface area contributed by atoms with Crippen molar-refractivity contribution in [3.8, 4) is 11.3 Å². The van der Waals surface area contributed by atoms with Crippen LogP contribution in [0.2, 0.25) is 0 Å². The molecule has 1 aromatic heterocycles. The summed E-state index contributed by atoms with van der Waals surface area (Å²) in [7, 11) is -0.321. The molecule has 2 aliphatic rings. The highest BCUT2D eigenvalue weighted by molar-refractivity contribution is 7.59. The molecule has 0 amide bonds. The van der Waals surface area contributed by atoms with Crippen molar-refractivity contribution in [1.82, 2.24) is 15.3 Å². The lowest BCUT2D eigenvalue weighted by molar-refractivity contribution is 0.00578. The van der Waals surface area contributed by atoms with Crippen molar-refractivity contribution in [2.24, 2.45) is 0 Å². The number of rotatable bonds is 3. The van der Waals surface area contributed by atoms with Crippen molar-refractivity contribution in [3.63, 3.8) is 0 Å². The van der Waals surface area contributed by atoms with Gasteiger partial charge >= 0.3 is 7.12 Å². The first-order valence-corrected chi connectivity index (χ1v) is 9.60. The lowest BCUT2D eigenvalue weighted by atomic mass is 9.79. The number of aromatic nitrogens is 2. The number of aromatic amines is 1. The van der Waals surface area contributed by atoms with Gasteiger partial charge in [0, 0.05) is 0 Å². The van der Waals surface area contributed by atoms with Gasteiger partial charge in [0.1, 0.15) is 5.82 Å². The van der Waals surface area contributed by atoms with Gasteiger partial charge in [-0.1, -0.05) is 30.7 Å². The van der Waals surface area contributed by atoms with E-state index in [-0.39, 0.29) is 31.8 Å². The Hall–Kier alpha value is -1.28. The smallest absolute Gasteiger partial charge is 0.399 e. The highest BCUT2D eigenvalue weighted by Gasteiger charge is 2.51. The minimum Gasteiger partial charge on any atom is -0.399 e. The molecule has 0 aliphatic carbocycles. The molecule has 2 fully saturated rings. The van der Waals surface area contributed by atoms with Crippen LogP contribution in [0.5, 0.6) is 0 Å². The molecule has 0 saturated carbocycles. The Morgan fingerprint density at radius 3 is 2.30 bits per heavy atom. The lowest BCUT2D eigenvalue weighted by Gasteiger charge is -2.32. The van der Waals surface area contributed by atoms with Gasteiger partial charge in [-0.15, -0.1) is 0 Å². The SMILES string of the molecule is CC1(C)OB(c2ccc(-c3cnc(C4CCCCN4)[nH]3)cc2)OC1(C)C.S. The molecule has 4 rings (SSSR count). The highest BCUT2D eigenvalue weighted by Crippen LogP contribution is 2.36. The van der Waals surface area contributed by atoms with Crippen LogP contribution in [-0.2, 0) is 9.31 Å². The first-order valence-electron chi connectivity index (χ1n) is 9.60. The molecule has 2 N–H and O–H groups in total. The van der Waals surface area contributed by atoms with Crippen molar-refractivity contribution in [2.75, 3.05) is 6.54 Å². The van der Waals surface area contributed by atoms with Gasteiger partial charge in [0.2, 0.25) is 0 Å². The summed E-state index contributed by atoms with van der Waals surface area (Å²) in [5.41, 5.74) is 2.58. The first kappa shape index (κ1) is 20.5. The quantitative estimate of drug-likeness (QED) is 0.794. The molecule has 146 valence electrons. The Balaban J connectivity index is 0.00000210. The Morgan fingerprint density at radius 1 is 1.04 bits per heavy atom. The molecular formula is C20H30BN3O2S. The lowest BCUT2D eigenvalue weighted by Crippen LogP contribution is -2.41. The fourth-order valence-electron chi connectivity index (χ4n) is 3.54. The van der Waals surface area contributed by atoms with Crippen molar-refractivity contribution in [1.29, 1.82) is 0 Å². The maximum absolute atomic E-state index is 6.13. The van der Waals surface area contributed by atoms with E-state index in [1.165, 1.54) is 12.8 Å². The zero-order valence-corrected chi connectivity index (χ0v) is 17.6. The van der Waals surface area contributed by atoms with Crippen LogP contribution in [0.25, 0.3) is 11.3 Å². The summed E-state index contributed by atoms with van der Waals surface area (Å²) in [6, 6.07) is 8.72. The van der Waals surface area contributed by atoms with Gasteiger partial charge in [0.25, 0.3) is 0 Å². The molecule has 1 aromatic carbocycles. The van der Waals surface area contributed by atoms with Gasteiger partial charge in [0.15, 0.2) is 0 Å². The summed E-state index contributed by atoms with van der Waals surface area (Å²) in [6.07, 6.45) is 5.59. The molecule has 2 saturated heterocycles. The average Bonchev–Trinajstić information content (AvgIpc) is 3.19. The van der Waals surface area contributed by atoms with Crippen LogP contribution >= 0.6 is 13.5 Å². The number of imidazole rings is 1. The minimum atomic E-state index is -0.321. The summed E-state index contributed by atoms with van der Waals surface area (Å²) in [6.45, 7) is 9.38. The van der Waals surface area contributed by atoms with Crippen LogP contribution in [0.4, 0.5) is 0 Å². The third kappa shape index (κ3) is 3.97. The summed E-state index contributed by atoms with van der Waals surface area (Å²) in [5, 5.41) is 3.53. The molecule has 0 radical (unpaired) electrons. The van der Waals surface area contributed by atoms with E-state index < -0.39 is 0 Å². The zero-order valence-electron chi connectivity index (χ0n) is 16.6. The van der Waals surface area contributed by atoms with Crippen LogP contribution in [0.3, 0.4) is 0 Å². The Labute approximate surface area is 169 Å². The molecule has 27 heavy (non-hydrogen) atoms. The Morgan fingerprint density at radius 2 is 1.70 bits per heavy atom. The van der Waals surface area contributed by atoms with Crippen molar-refractivity contribution >= 4 is 26.1 Å². The van der Waals surface area contributed by atoms with E-state index in [0.717, 1.165) is 35.5 Å². The molecule has 2 aromatic rings. The summed E-state index contributed by atoms with van der Waals surface area (Å²) in [4.78, 5) is 8.06. The zero-order chi connectivity index (χ0) is 18.4. The number of hydrogen-bond acceptors (Lipinski definition) is 4. The van der Waals surface area contributed by atoms with E-state index in [4.69, 9.17) is 9.31 Å². The van der Waals surface area contributed by atoms with E-state index in [1.54, 1.807) is 0 Å². The number of hydrogen-bond donors (Lipinski definition) is 2. The largest absolute Gasteiger partial charge is 0.494 e. The van der Waals surface area contributed by atoms with Crippen LogP contribution in [0, 0.1) is 0 Å².